The van der Waals surface area contributed by atoms with E-state index >= 15 is 0 Å². The van der Waals surface area contributed by atoms with Crippen LogP contribution < -0.4 is 4.72 Å². The van der Waals surface area contributed by atoms with Crippen LogP contribution in [-0.2, 0) is 10.0 Å². The Hall–Kier alpha value is -0.130. The van der Waals surface area contributed by atoms with E-state index in [4.69, 9.17) is 5.11 Å². The third-order valence-corrected chi connectivity index (χ3v) is 2.30. The molecule has 0 aliphatic rings. The van der Waals surface area contributed by atoms with E-state index in [0.717, 1.165) is 6.42 Å². The first-order valence-corrected chi connectivity index (χ1v) is 4.86. The van der Waals surface area contributed by atoms with Crippen LogP contribution in [0.4, 0.5) is 0 Å². The lowest BCUT2D eigenvalue weighted by Gasteiger charge is -2.01. The van der Waals surface area contributed by atoms with Gasteiger partial charge in [0.15, 0.2) is 0 Å². The topological polar surface area (TPSA) is 66.4 Å². The van der Waals surface area contributed by atoms with Gasteiger partial charge in [0.2, 0.25) is 10.0 Å². The second-order valence-electron chi connectivity index (χ2n) is 1.94. The van der Waals surface area contributed by atoms with Crippen LogP contribution in [0.3, 0.4) is 0 Å². The maximum Gasteiger partial charge on any atom is 0.213 e. The highest BCUT2D eigenvalue weighted by molar-refractivity contribution is 7.89. The van der Waals surface area contributed by atoms with Crippen LogP contribution in [0.2, 0.25) is 0 Å². The Morgan fingerprint density at radius 2 is 2.10 bits per heavy atom. The van der Waals surface area contributed by atoms with Crippen molar-refractivity contribution < 1.29 is 13.5 Å². The molecule has 5 heteroatoms. The van der Waals surface area contributed by atoms with E-state index in [2.05, 4.69) is 4.72 Å². The first-order chi connectivity index (χ1) is 4.62. The van der Waals surface area contributed by atoms with Crippen LogP contribution in [0.25, 0.3) is 0 Å². The molecule has 62 valence electrons. The number of hydrogen-bond donors (Lipinski definition) is 2. The van der Waals surface area contributed by atoms with Crippen molar-refractivity contribution in [2.75, 3.05) is 18.9 Å². The van der Waals surface area contributed by atoms with Crippen molar-refractivity contribution in [3.8, 4) is 0 Å². The van der Waals surface area contributed by atoms with E-state index in [1.165, 1.54) is 0 Å². The molecular weight excluding hydrogens is 154 g/mol. The zero-order valence-electron chi connectivity index (χ0n) is 6.00. The molecule has 0 aromatic carbocycles. The van der Waals surface area contributed by atoms with E-state index in [1.807, 2.05) is 6.92 Å². The fraction of sp³-hybridized carbons (Fsp3) is 1.00. The summed E-state index contributed by atoms with van der Waals surface area (Å²) in [7, 11) is -3.19. The van der Waals surface area contributed by atoms with Crippen molar-refractivity contribution in [3.05, 3.63) is 0 Å². The van der Waals surface area contributed by atoms with Gasteiger partial charge < -0.3 is 5.11 Å². The van der Waals surface area contributed by atoms with Gasteiger partial charge in [0.05, 0.1) is 12.4 Å². The molecule has 0 atom stereocenters. The van der Waals surface area contributed by atoms with Crippen molar-refractivity contribution in [3.63, 3.8) is 0 Å². The average Bonchev–Trinajstić information content (AvgIpc) is 1.84. The molecular formula is C5H13NO3S. The van der Waals surface area contributed by atoms with Gasteiger partial charge in [0.1, 0.15) is 0 Å². The molecule has 0 spiro atoms. The molecule has 0 rings (SSSR count). The monoisotopic (exact) mass is 167 g/mol. The molecule has 0 amide bonds. The van der Waals surface area contributed by atoms with Crippen LogP contribution in [0.1, 0.15) is 13.3 Å². The molecule has 0 aliphatic heterocycles. The largest absolute Gasteiger partial charge is 0.395 e. The molecule has 0 radical (unpaired) electrons. The van der Waals surface area contributed by atoms with Gasteiger partial charge in [-0.05, 0) is 6.42 Å². The smallest absolute Gasteiger partial charge is 0.213 e. The molecule has 0 aliphatic carbocycles. The van der Waals surface area contributed by atoms with E-state index < -0.39 is 10.0 Å². The Labute approximate surface area is 61.3 Å². The van der Waals surface area contributed by atoms with Gasteiger partial charge in [-0.1, -0.05) is 6.92 Å². The minimum absolute atomic E-state index is 0.201. The average molecular weight is 167 g/mol. The molecule has 0 fully saturated rings. The summed E-state index contributed by atoms with van der Waals surface area (Å²) in [5.41, 5.74) is 0. The van der Waals surface area contributed by atoms with Crippen molar-refractivity contribution in [2.24, 2.45) is 0 Å². The van der Waals surface area contributed by atoms with E-state index in [1.54, 1.807) is 0 Å². The number of aliphatic hydroxyl groups is 1. The fourth-order valence-corrected chi connectivity index (χ4v) is 1.35. The van der Waals surface area contributed by atoms with E-state index in [-0.39, 0.29) is 12.4 Å². The lowest BCUT2D eigenvalue weighted by Crippen LogP contribution is -2.28. The molecule has 0 saturated heterocycles. The van der Waals surface area contributed by atoms with E-state index in [0.29, 0.717) is 6.54 Å². The minimum Gasteiger partial charge on any atom is -0.395 e. The highest BCUT2D eigenvalue weighted by Gasteiger charge is 2.05. The first-order valence-electron chi connectivity index (χ1n) is 3.20. The summed E-state index contributed by atoms with van der Waals surface area (Å²) in [5, 5.41) is 8.28. The predicted molar refractivity (Wildman–Crippen MR) is 39.2 cm³/mol. The van der Waals surface area contributed by atoms with Gasteiger partial charge in [-0.15, -0.1) is 0 Å². The Morgan fingerprint density at radius 3 is 2.50 bits per heavy atom. The maximum absolute atomic E-state index is 10.7. The number of aliphatic hydroxyl groups excluding tert-OH is 1. The third kappa shape index (κ3) is 4.72. The molecule has 0 aromatic rings. The van der Waals surface area contributed by atoms with Crippen molar-refractivity contribution in [2.45, 2.75) is 13.3 Å². The fourth-order valence-electron chi connectivity index (χ4n) is 0.450. The molecule has 4 nitrogen and oxygen atoms in total. The van der Waals surface area contributed by atoms with Gasteiger partial charge in [0.25, 0.3) is 0 Å². The zero-order valence-corrected chi connectivity index (χ0v) is 6.82. The summed E-state index contributed by atoms with van der Waals surface area (Å²) in [6.07, 6.45) is 0.769. The third-order valence-electron chi connectivity index (χ3n) is 0.932. The number of hydrogen-bond acceptors (Lipinski definition) is 3. The standard InChI is InChI=1S/C5H13NO3S/c1-2-3-6-10(8,9)5-4-7/h6-7H,2-5H2,1H3. The normalized spacial score (nSPS) is 11.8. The molecule has 0 bridgehead atoms. The summed E-state index contributed by atoms with van der Waals surface area (Å²) in [6, 6.07) is 0. The summed E-state index contributed by atoms with van der Waals surface area (Å²) >= 11 is 0. The van der Waals surface area contributed by atoms with Crippen LogP contribution in [-0.4, -0.2) is 32.4 Å². The molecule has 2 N–H and O–H groups in total. The number of sulfonamides is 1. The van der Waals surface area contributed by atoms with Crippen LogP contribution >= 0.6 is 0 Å². The highest BCUT2D eigenvalue weighted by Crippen LogP contribution is 1.82. The van der Waals surface area contributed by atoms with Gasteiger partial charge in [-0.3, -0.25) is 0 Å². The van der Waals surface area contributed by atoms with Gasteiger partial charge in [0, 0.05) is 6.54 Å². The first kappa shape index (κ1) is 9.87. The predicted octanol–water partition coefficient (Wildman–Crippen LogP) is -0.692. The number of nitrogens with one attached hydrogen (secondary N) is 1. The molecule has 0 unspecified atom stereocenters. The quantitative estimate of drug-likeness (QED) is 0.569. The van der Waals surface area contributed by atoms with Crippen LogP contribution in [0.5, 0.6) is 0 Å². The second-order valence-corrected chi connectivity index (χ2v) is 3.86. The summed E-state index contributed by atoms with van der Waals surface area (Å²) in [4.78, 5) is 0. The molecule has 0 heterocycles. The second kappa shape index (κ2) is 4.65. The lowest BCUT2D eigenvalue weighted by atomic mass is 10.5. The molecule has 0 aromatic heterocycles. The zero-order chi connectivity index (χ0) is 8.04. The minimum atomic E-state index is -3.19. The van der Waals surface area contributed by atoms with Gasteiger partial charge in [-0.2, -0.15) is 0 Å². The van der Waals surface area contributed by atoms with Crippen molar-refractivity contribution in [1.29, 1.82) is 0 Å². The van der Waals surface area contributed by atoms with Gasteiger partial charge in [-0.25, -0.2) is 13.1 Å². The highest BCUT2D eigenvalue weighted by atomic mass is 32.2. The maximum atomic E-state index is 10.7. The Balaban J connectivity index is 3.65. The molecule has 10 heavy (non-hydrogen) atoms. The van der Waals surface area contributed by atoms with Crippen LogP contribution in [0, 0.1) is 0 Å². The summed E-state index contributed by atoms with van der Waals surface area (Å²) in [5.74, 6) is -0.201. The number of rotatable bonds is 5. The SMILES string of the molecule is CCCNS(=O)(=O)CCO. The Morgan fingerprint density at radius 1 is 1.50 bits per heavy atom. The summed E-state index contributed by atoms with van der Waals surface area (Å²) in [6.45, 7) is 2.00. The Bertz CT molecular complexity index is 164. The van der Waals surface area contributed by atoms with Crippen molar-refractivity contribution in [1.82, 2.24) is 4.72 Å². The van der Waals surface area contributed by atoms with Gasteiger partial charge >= 0.3 is 0 Å². The Kier molecular flexibility index (Phi) is 4.59. The van der Waals surface area contributed by atoms with Crippen LogP contribution in [0.15, 0.2) is 0 Å². The molecule has 0 saturated carbocycles. The van der Waals surface area contributed by atoms with E-state index in [9.17, 15) is 8.42 Å². The summed E-state index contributed by atoms with van der Waals surface area (Å²) < 4.78 is 23.8. The van der Waals surface area contributed by atoms with Crippen molar-refractivity contribution >= 4 is 10.0 Å². The lowest BCUT2D eigenvalue weighted by molar-refractivity contribution is 0.319.